The van der Waals surface area contributed by atoms with Crippen molar-refractivity contribution in [2.75, 3.05) is 18.5 Å². The van der Waals surface area contributed by atoms with Gasteiger partial charge in [-0.2, -0.15) is 0 Å². The number of ether oxygens (including phenoxy) is 1. The molecule has 0 spiro atoms. The average Bonchev–Trinajstić information content (AvgIpc) is 3.34. The predicted octanol–water partition coefficient (Wildman–Crippen LogP) is 5.10. The first kappa shape index (κ1) is 23.8. The number of sulfonamides is 1. The first-order valence-electron chi connectivity index (χ1n) is 10.3. The van der Waals surface area contributed by atoms with Gasteiger partial charge in [0.25, 0.3) is 15.9 Å². The number of nitrogens with zero attached hydrogens (tertiary/aromatic N) is 1. The smallest absolute Gasteiger partial charge is 0.273 e. The quantitative estimate of drug-likeness (QED) is 0.470. The van der Waals surface area contributed by atoms with Gasteiger partial charge in [0.05, 0.1) is 18.8 Å². The zero-order valence-corrected chi connectivity index (χ0v) is 20.2. The van der Waals surface area contributed by atoms with Crippen LogP contribution in [0, 0.1) is 5.92 Å². The van der Waals surface area contributed by atoms with E-state index in [0.29, 0.717) is 17.2 Å². The van der Waals surface area contributed by atoms with E-state index in [1.807, 2.05) is 24.3 Å². The van der Waals surface area contributed by atoms with Crippen LogP contribution in [0.3, 0.4) is 0 Å². The van der Waals surface area contributed by atoms with Crippen LogP contribution >= 0.6 is 11.3 Å². The molecular weight excluding hydrogens is 444 g/mol. The molecule has 1 N–H and O–H groups in total. The molecule has 1 amide bonds. The lowest BCUT2D eigenvalue weighted by Gasteiger charge is -2.22. The van der Waals surface area contributed by atoms with E-state index in [4.69, 9.17) is 4.74 Å². The Hall–Kier alpha value is -2.84. The van der Waals surface area contributed by atoms with Gasteiger partial charge in [-0.15, -0.1) is 11.3 Å². The molecule has 3 aromatic rings. The van der Waals surface area contributed by atoms with Gasteiger partial charge in [-0.3, -0.25) is 9.10 Å². The minimum Gasteiger partial charge on any atom is -0.497 e. The van der Waals surface area contributed by atoms with Crippen LogP contribution in [0.2, 0.25) is 0 Å². The Morgan fingerprint density at radius 1 is 1.06 bits per heavy atom. The molecule has 1 heterocycles. The van der Waals surface area contributed by atoms with E-state index >= 15 is 0 Å². The number of hydrogen-bond donors (Lipinski definition) is 1. The standard InChI is InChI=1S/C24H28N2O4S2/c1-17(2)16-22(18-9-13-21(30-4)14-10-18)25-24(27)19-7-11-20(12-8-19)26(3)32(28,29)23-6-5-15-31-23/h5-15,17,22H,16H2,1-4H3,(H,25,27)/t22-/m1/s1. The van der Waals surface area contributed by atoms with Gasteiger partial charge >= 0.3 is 0 Å². The monoisotopic (exact) mass is 472 g/mol. The maximum absolute atomic E-state index is 12.9. The number of rotatable bonds is 9. The number of nitrogens with one attached hydrogen (secondary N) is 1. The van der Waals surface area contributed by atoms with Crippen LogP contribution in [0.25, 0.3) is 0 Å². The number of anilines is 1. The van der Waals surface area contributed by atoms with E-state index in [2.05, 4.69) is 19.2 Å². The fourth-order valence-electron chi connectivity index (χ4n) is 3.33. The molecule has 0 aliphatic carbocycles. The van der Waals surface area contributed by atoms with Crippen molar-refractivity contribution in [2.45, 2.75) is 30.5 Å². The molecule has 0 saturated heterocycles. The summed E-state index contributed by atoms with van der Waals surface area (Å²) >= 11 is 1.17. The summed E-state index contributed by atoms with van der Waals surface area (Å²) in [7, 11) is -0.488. The van der Waals surface area contributed by atoms with Crippen LogP contribution in [-0.2, 0) is 10.0 Å². The van der Waals surface area contributed by atoms with Gasteiger partial charge < -0.3 is 10.1 Å². The van der Waals surface area contributed by atoms with Crippen LogP contribution < -0.4 is 14.4 Å². The summed E-state index contributed by atoms with van der Waals surface area (Å²) in [6.45, 7) is 4.22. The first-order valence-corrected chi connectivity index (χ1v) is 12.6. The number of methoxy groups -OCH3 is 1. The summed E-state index contributed by atoms with van der Waals surface area (Å²) in [6.07, 6.45) is 0.790. The Labute approximate surface area is 193 Å². The van der Waals surface area contributed by atoms with Crippen molar-refractivity contribution in [3.8, 4) is 5.75 Å². The molecule has 1 aromatic heterocycles. The predicted molar refractivity (Wildman–Crippen MR) is 129 cm³/mol. The Morgan fingerprint density at radius 3 is 2.25 bits per heavy atom. The molecule has 170 valence electrons. The SMILES string of the molecule is COc1ccc([C@@H](CC(C)C)NC(=O)c2ccc(N(C)S(=O)(=O)c3cccs3)cc2)cc1. The third-order valence-electron chi connectivity index (χ3n) is 5.13. The second kappa shape index (κ2) is 10.2. The fraction of sp³-hybridized carbons (Fsp3) is 0.292. The molecule has 1 atom stereocenters. The van der Waals surface area contributed by atoms with E-state index in [-0.39, 0.29) is 16.2 Å². The molecule has 8 heteroatoms. The van der Waals surface area contributed by atoms with E-state index in [1.165, 1.54) is 22.7 Å². The van der Waals surface area contributed by atoms with Gasteiger partial charge in [0.1, 0.15) is 9.96 Å². The second-order valence-corrected chi connectivity index (χ2v) is 11.0. The highest BCUT2D eigenvalue weighted by Gasteiger charge is 2.23. The van der Waals surface area contributed by atoms with E-state index in [9.17, 15) is 13.2 Å². The summed E-state index contributed by atoms with van der Waals surface area (Å²) in [5.41, 5.74) is 1.97. The van der Waals surface area contributed by atoms with Gasteiger partial charge in [0.15, 0.2) is 0 Å². The molecule has 0 bridgehead atoms. The Balaban J connectivity index is 1.76. The lowest BCUT2D eigenvalue weighted by molar-refractivity contribution is 0.0932. The van der Waals surface area contributed by atoms with Crippen molar-refractivity contribution < 1.29 is 17.9 Å². The molecule has 32 heavy (non-hydrogen) atoms. The van der Waals surface area contributed by atoms with Crippen LogP contribution in [0.1, 0.15) is 42.2 Å². The third kappa shape index (κ3) is 5.49. The van der Waals surface area contributed by atoms with Gasteiger partial charge in [0.2, 0.25) is 0 Å². The number of amides is 1. The van der Waals surface area contributed by atoms with Gasteiger partial charge in [0, 0.05) is 12.6 Å². The maximum Gasteiger partial charge on any atom is 0.273 e. The molecule has 0 fully saturated rings. The summed E-state index contributed by atoms with van der Waals surface area (Å²) in [6, 6.07) is 17.4. The molecule has 0 aliphatic rings. The number of hydrogen-bond acceptors (Lipinski definition) is 5. The molecule has 0 radical (unpaired) electrons. The molecular formula is C24H28N2O4S2. The van der Waals surface area contributed by atoms with E-state index in [1.54, 1.807) is 48.9 Å². The molecule has 3 rings (SSSR count). The lowest BCUT2D eigenvalue weighted by atomic mass is 9.96. The fourth-order valence-corrected chi connectivity index (χ4v) is 5.69. The lowest BCUT2D eigenvalue weighted by Crippen LogP contribution is -2.29. The first-order chi connectivity index (χ1) is 15.2. The summed E-state index contributed by atoms with van der Waals surface area (Å²) in [4.78, 5) is 12.9. The molecule has 0 saturated carbocycles. The highest BCUT2D eigenvalue weighted by atomic mass is 32.2. The second-order valence-electron chi connectivity index (χ2n) is 7.88. The van der Waals surface area contributed by atoms with Crippen LogP contribution in [0.5, 0.6) is 5.75 Å². The van der Waals surface area contributed by atoms with Crippen molar-refractivity contribution in [3.63, 3.8) is 0 Å². The normalized spacial score (nSPS) is 12.4. The number of thiophene rings is 1. The Kier molecular flexibility index (Phi) is 7.58. The van der Waals surface area contributed by atoms with Crippen molar-refractivity contribution in [1.29, 1.82) is 0 Å². The van der Waals surface area contributed by atoms with Crippen molar-refractivity contribution in [3.05, 3.63) is 77.2 Å². The van der Waals surface area contributed by atoms with Crippen LogP contribution in [0.15, 0.2) is 70.3 Å². The van der Waals surface area contributed by atoms with E-state index in [0.717, 1.165) is 17.7 Å². The summed E-state index contributed by atoms with van der Waals surface area (Å²) < 4.78 is 32.1. The number of carbonyl (C=O) groups excluding carboxylic acids is 1. The van der Waals surface area contributed by atoms with E-state index < -0.39 is 10.0 Å². The minimum atomic E-state index is -3.62. The maximum atomic E-state index is 12.9. The zero-order chi connectivity index (χ0) is 23.3. The number of benzene rings is 2. The summed E-state index contributed by atoms with van der Waals surface area (Å²) in [5.74, 6) is 0.947. The Morgan fingerprint density at radius 2 is 1.72 bits per heavy atom. The molecule has 6 nitrogen and oxygen atoms in total. The molecule has 0 unspecified atom stereocenters. The van der Waals surface area contributed by atoms with Crippen molar-refractivity contribution in [2.24, 2.45) is 5.92 Å². The highest BCUT2D eigenvalue weighted by molar-refractivity contribution is 7.94. The molecule has 2 aromatic carbocycles. The average molecular weight is 473 g/mol. The largest absolute Gasteiger partial charge is 0.497 e. The minimum absolute atomic E-state index is 0.144. The zero-order valence-electron chi connectivity index (χ0n) is 18.6. The van der Waals surface area contributed by atoms with Crippen molar-refractivity contribution >= 4 is 33.0 Å². The van der Waals surface area contributed by atoms with Gasteiger partial charge in [-0.25, -0.2) is 8.42 Å². The topological polar surface area (TPSA) is 75.7 Å². The van der Waals surface area contributed by atoms with Crippen LogP contribution in [0.4, 0.5) is 5.69 Å². The van der Waals surface area contributed by atoms with Gasteiger partial charge in [-0.05, 0) is 65.7 Å². The van der Waals surface area contributed by atoms with Gasteiger partial charge in [-0.1, -0.05) is 32.0 Å². The third-order valence-corrected chi connectivity index (χ3v) is 8.29. The highest BCUT2D eigenvalue weighted by Crippen LogP contribution is 2.27. The summed E-state index contributed by atoms with van der Waals surface area (Å²) in [5, 5.41) is 4.84. The Bertz CT molecular complexity index is 1120. The van der Waals surface area contributed by atoms with Crippen molar-refractivity contribution in [1.82, 2.24) is 5.32 Å². The molecule has 0 aliphatic heterocycles. The number of carbonyl (C=O) groups is 1. The van der Waals surface area contributed by atoms with Crippen LogP contribution in [-0.4, -0.2) is 28.5 Å².